The van der Waals surface area contributed by atoms with Crippen LogP contribution in [-0.4, -0.2) is 18.7 Å². The van der Waals surface area contributed by atoms with Gasteiger partial charge in [-0.3, -0.25) is 0 Å². The molecule has 1 saturated carbocycles. The van der Waals surface area contributed by atoms with E-state index in [4.69, 9.17) is 4.98 Å². The summed E-state index contributed by atoms with van der Waals surface area (Å²) in [6.07, 6.45) is 4.76. The first-order valence-electron chi connectivity index (χ1n) is 9.27. The van der Waals surface area contributed by atoms with E-state index in [2.05, 4.69) is 51.3 Å². The maximum atomic E-state index is 13.1. The highest BCUT2D eigenvalue weighted by Crippen LogP contribution is 2.47. The van der Waals surface area contributed by atoms with Crippen LogP contribution in [0.4, 0.5) is 0 Å². The van der Waals surface area contributed by atoms with E-state index >= 15 is 0 Å². The van der Waals surface area contributed by atoms with E-state index in [1.807, 2.05) is 21.2 Å². The molecule has 0 N–H and O–H groups in total. The van der Waals surface area contributed by atoms with Crippen LogP contribution in [0.2, 0.25) is 0 Å². The molecule has 3 rings (SSSR count). The van der Waals surface area contributed by atoms with Crippen molar-refractivity contribution >= 4 is 73.7 Å². The number of thiol groups is 1. The van der Waals surface area contributed by atoms with Gasteiger partial charge in [-0.2, -0.15) is 0 Å². The predicted octanol–water partition coefficient (Wildman–Crippen LogP) is 7.33. The number of nitrogens with zero attached hydrogens (tertiary/aromatic N) is 1. The summed E-state index contributed by atoms with van der Waals surface area (Å²) in [6.45, 7) is 13.1. The Hall–Kier alpha value is 0.620. The summed E-state index contributed by atoms with van der Waals surface area (Å²) in [5.74, 6) is 0. The van der Waals surface area contributed by atoms with Gasteiger partial charge >= 0.3 is 0 Å². The van der Waals surface area contributed by atoms with Gasteiger partial charge in [0.15, 0.2) is 0 Å². The molecule has 2 heterocycles. The molecular formula is C19H30INO2S4. The van der Waals surface area contributed by atoms with E-state index in [9.17, 15) is 8.42 Å². The zero-order valence-electron chi connectivity index (χ0n) is 16.9. The molecule has 1 aliphatic rings. The minimum Gasteiger partial charge on any atom is -0.224 e. The molecule has 0 saturated heterocycles. The van der Waals surface area contributed by atoms with Crippen molar-refractivity contribution in [2.24, 2.45) is 0 Å². The summed E-state index contributed by atoms with van der Waals surface area (Å²) in [6, 6.07) is 0. The minimum absolute atomic E-state index is 0.00911. The highest BCUT2D eigenvalue weighted by atomic mass is 127. The molecule has 27 heavy (non-hydrogen) atoms. The van der Waals surface area contributed by atoms with Gasteiger partial charge < -0.3 is 0 Å². The van der Waals surface area contributed by atoms with E-state index in [1.54, 1.807) is 11.3 Å². The maximum Gasteiger partial charge on any atom is 0.210 e. The van der Waals surface area contributed by atoms with Crippen LogP contribution in [0.1, 0.15) is 83.4 Å². The van der Waals surface area contributed by atoms with Crippen molar-refractivity contribution in [1.29, 1.82) is 0 Å². The fraction of sp³-hybridized carbons (Fsp3) is 0.737. The van der Waals surface area contributed by atoms with Crippen LogP contribution in [-0.2, 0) is 20.7 Å². The number of aromatic nitrogens is 1. The Balaban J connectivity index is 0.00000126. The van der Waals surface area contributed by atoms with Gasteiger partial charge in [0.1, 0.15) is 0 Å². The summed E-state index contributed by atoms with van der Waals surface area (Å²) >= 11 is 5.05. The third kappa shape index (κ3) is 5.03. The van der Waals surface area contributed by atoms with Gasteiger partial charge in [0, 0.05) is 9.75 Å². The second kappa shape index (κ2) is 8.78. The van der Waals surface area contributed by atoms with Crippen molar-refractivity contribution in [3.05, 3.63) is 9.75 Å². The number of rotatable bonds is 2. The van der Waals surface area contributed by atoms with Crippen LogP contribution in [0, 0.1) is 0 Å². The zero-order chi connectivity index (χ0) is 20.6. The van der Waals surface area contributed by atoms with Crippen LogP contribution >= 0.6 is 53.7 Å². The molecular weight excluding hydrogens is 529 g/mol. The smallest absolute Gasteiger partial charge is 0.210 e. The zero-order valence-corrected chi connectivity index (χ0v) is 22.4. The topological polar surface area (TPSA) is 47.0 Å². The van der Waals surface area contributed by atoms with Gasteiger partial charge in [0.2, 0.25) is 14.2 Å². The second-order valence-electron chi connectivity index (χ2n) is 9.22. The highest BCUT2D eigenvalue weighted by molar-refractivity contribution is 14.2. The van der Waals surface area contributed by atoms with Crippen molar-refractivity contribution in [2.75, 3.05) is 0 Å². The quantitative estimate of drug-likeness (QED) is 0.310. The number of thiazole rings is 1. The first kappa shape index (κ1) is 23.9. The number of fused-ring (bicyclic) bond motifs is 1. The van der Waals surface area contributed by atoms with Crippen molar-refractivity contribution in [1.82, 2.24) is 4.98 Å². The van der Waals surface area contributed by atoms with Crippen LogP contribution in [0.15, 0.2) is 4.34 Å². The standard InChI is InChI=1S/C19H29NO2S3.HIS/c1-18(2,3)15-13-14(16(24-15)19(4,5)6)23-17(20-13)25(21,22)12-10-8-7-9-11-12;1-2/h12H,7-11H2,1-6H3;2H. The normalized spacial score (nSPS) is 17.0. The Kier molecular flexibility index (Phi) is 7.77. The minimum atomic E-state index is -3.31. The molecule has 0 unspecified atom stereocenters. The summed E-state index contributed by atoms with van der Waals surface area (Å²) in [4.78, 5) is 7.16. The van der Waals surface area contributed by atoms with Crippen LogP contribution in [0.3, 0.4) is 0 Å². The lowest BCUT2D eigenvalue weighted by Gasteiger charge is -2.20. The lowest BCUT2D eigenvalue weighted by molar-refractivity contribution is 0.483. The summed E-state index contributed by atoms with van der Waals surface area (Å²) in [7, 11) is 0.192. The molecule has 2 aromatic rings. The Morgan fingerprint density at radius 3 is 1.93 bits per heavy atom. The van der Waals surface area contributed by atoms with Gasteiger partial charge in [-0.1, -0.05) is 60.8 Å². The molecule has 1 aliphatic carbocycles. The first-order chi connectivity index (χ1) is 12.4. The Morgan fingerprint density at radius 2 is 1.44 bits per heavy atom. The Morgan fingerprint density at radius 1 is 0.926 bits per heavy atom. The van der Waals surface area contributed by atoms with Crippen LogP contribution in [0.25, 0.3) is 10.2 Å². The van der Waals surface area contributed by atoms with E-state index < -0.39 is 9.84 Å². The average Bonchev–Trinajstić information content (AvgIpc) is 3.15. The summed E-state index contributed by atoms with van der Waals surface area (Å²) in [5.41, 5.74) is 0.874. The first-order valence-corrected chi connectivity index (χ1v) is 15.7. The molecule has 2 aromatic heterocycles. The van der Waals surface area contributed by atoms with Gasteiger partial charge in [0.25, 0.3) is 0 Å². The number of thiophene rings is 1. The number of hydrogen-bond donors (Lipinski definition) is 1. The summed E-state index contributed by atoms with van der Waals surface area (Å²) in [5, 5.41) is -0.239. The molecule has 0 aliphatic heterocycles. The molecule has 0 aromatic carbocycles. The average molecular weight is 560 g/mol. The van der Waals surface area contributed by atoms with E-state index in [0.717, 1.165) is 42.3 Å². The highest BCUT2D eigenvalue weighted by Gasteiger charge is 2.35. The molecule has 1 fully saturated rings. The molecule has 8 heteroatoms. The maximum absolute atomic E-state index is 13.1. The predicted molar refractivity (Wildman–Crippen MR) is 132 cm³/mol. The number of sulfone groups is 1. The van der Waals surface area contributed by atoms with E-state index in [-0.39, 0.29) is 16.1 Å². The third-order valence-electron chi connectivity index (χ3n) is 4.83. The van der Waals surface area contributed by atoms with Crippen LogP contribution < -0.4 is 0 Å². The molecule has 3 nitrogen and oxygen atoms in total. The lowest BCUT2D eigenvalue weighted by Crippen LogP contribution is -2.24. The molecule has 154 valence electrons. The lowest BCUT2D eigenvalue weighted by atomic mass is 9.92. The molecule has 0 amide bonds. The van der Waals surface area contributed by atoms with Crippen molar-refractivity contribution < 1.29 is 8.42 Å². The number of hydrogen-bond acceptors (Lipinski definition) is 6. The van der Waals surface area contributed by atoms with Crippen molar-refractivity contribution in [2.45, 2.75) is 94.1 Å². The van der Waals surface area contributed by atoms with Crippen LogP contribution in [0.5, 0.6) is 0 Å². The van der Waals surface area contributed by atoms with Crippen molar-refractivity contribution in [3.8, 4) is 0 Å². The third-order valence-corrected chi connectivity index (χ3v) is 10.7. The van der Waals surface area contributed by atoms with E-state index in [1.165, 1.54) is 21.1 Å². The molecule has 0 radical (unpaired) electrons. The monoisotopic (exact) mass is 559 g/mol. The van der Waals surface area contributed by atoms with Gasteiger partial charge in [-0.15, -0.1) is 32.5 Å². The number of halogens is 1. The Labute approximate surface area is 189 Å². The SMILES string of the molecule is CC(C)(C)c1sc(C(C)(C)C)c2sc(S(=O)(=O)C3CCCCC3)nc12.SI. The van der Waals surface area contributed by atoms with Gasteiger partial charge in [-0.05, 0) is 44.9 Å². The van der Waals surface area contributed by atoms with Gasteiger partial charge in [0.05, 0.1) is 15.5 Å². The molecule has 0 spiro atoms. The second-order valence-corrected chi connectivity index (χ2v) is 13.6. The molecule has 0 atom stereocenters. The van der Waals surface area contributed by atoms with Crippen molar-refractivity contribution in [3.63, 3.8) is 0 Å². The summed E-state index contributed by atoms with van der Waals surface area (Å²) < 4.78 is 27.7. The van der Waals surface area contributed by atoms with E-state index in [0.29, 0.717) is 4.34 Å². The molecule has 0 bridgehead atoms. The fourth-order valence-corrected chi connectivity index (χ4v) is 8.55. The fourth-order valence-electron chi connectivity index (χ4n) is 3.45. The van der Waals surface area contributed by atoms with Gasteiger partial charge in [-0.25, -0.2) is 13.4 Å². The largest absolute Gasteiger partial charge is 0.224 e. The Bertz CT molecular complexity index is 833.